The minimum atomic E-state index is -0.360. The van der Waals surface area contributed by atoms with Crippen molar-refractivity contribution in [3.8, 4) is 0 Å². The number of imide groups is 2. The molecule has 1 N–H and O–H groups in total. The van der Waals surface area contributed by atoms with Gasteiger partial charge >= 0.3 is 0 Å². The Balaban J connectivity index is 1.13. The largest absolute Gasteiger partial charge is 0.322 e. The summed E-state index contributed by atoms with van der Waals surface area (Å²) in [5.41, 5.74) is 1.83. The highest BCUT2D eigenvalue weighted by atomic mass is 16.2. The molecule has 8 heteroatoms. The molecule has 0 saturated carbocycles. The lowest BCUT2D eigenvalue weighted by atomic mass is 9.85. The molecule has 6 rings (SSSR count). The van der Waals surface area contributed by atoms with E-state index in [0.29, 0.717) is 48.3 Å². The number of amides is 5. The number of benzene rings is 2. The van der Waals surface area contributed by atoms with Crippen LogP contribution in [0.4, 0.5) is 17.1 Å². The zero-order valence-electron chi connectivity index (χ0n) is 20.0. The van der Waals surface area contributed by atoms with Crippen molar-refractivity contribution in [2.24, 2.45) is 23.7 Å². The van der Waals surface area contributed by atoms with Crippen molar-refractivity contribution in [1.29, 1.82) is 0 Å². The van der Waals surface area contributed by atoms with Crippen LogP contribution in [0.3, 0.4) is 0 Å². The molecular weight excluding hydrogens is 470 g/mol. The van der Waals surface area contributed by atoms with Gasteiger partial charge in [0.05, 0.1) is 35.0 Å². The maximum atomic E-state index is 12.8. The number of carbonyl (C=O) groups is 5. The highest BCUT2D eigenvalue weighted by Gasteiger charge is 2.48. The molecule has 37 heavy (non-hydrogen) atoms. The van der Waals surface area contributed by atoms with E-state index in [4.69, 9.17) is 0 Å². The lowest BCUT2D eigenvalue weighted by molar-refractivity contribution is -0.124. The van der Waals surface area contributed by atoms with Gasteiger partial charge in [-0.05, 0) is 74.2 Å². The van der Waals surface area contributed by atoms with Crippen molar-refractivity contribution in [3.05, 3.63) is 78.4 Å². The second-order valence-electron chi connectivity index (χ2n) is 9.88. The first-order valence-corrected chi connectivity index (χ1v) is 12.5. The fourth-order valence-electron chi connectivity index (χ4n) is 5.77. The van der Waals surface area contributed by atoms with Gasteiger partial charge in [-0.15, -0.1) is 0 Å². The standard InChI is InChI=1S/C29H25N3O5/c33-25(17-9-13-19(14-10-17)31-26(34)21-5-1-2-6-22(21)27(31)35)30-18-11-15-20(16-12-18)32-28(36)23-7-3-4-8-24(23)29(32)37/h1-4,9-16,21-24H,5-8H2,(H,30,33)/t21-,22+,23-,24+. The smallest absolute Gasteiger partial charge is 0.255 e. The van der Waals surface area contributed by atoms with Gasteiger partial charge in [0.1, 0.15) is 0 Å². The summed E-state index contributed by atoms with van der Waals surface area (Å²) in [6, 6.07) is 13.0. The Morgan fingerprint density at radius 2 is 0.919 bits per heavy atom. The number of fused-ring (bicyclic) bond motifs is 2. The van der Waals surface area contributed by atoms with Gasteiger partial charge in [-0.25, -0.2) is 0 Å². The number of nitrogens with zero attached hydrogens (tertiary/aromatic N) is 2. The fourth-order valence-corrected chi connectivity index (χ4v) is 5.77. The third-order valence-corrected chi connectivity index (χ3v) is 7.79. The zero-order valence-corrected chi connectivity index (χ0v) is 20.0. The number of anilines is 3. The van der Waals surface area contributed by atoms with Crippen LogP contribution in [0, 0.1) is 23.7 Å². The molecule has 0 spiro atoms. The van der Waals surface area contributed by atoms with E-state index in [9.17, 15) is 24.0 Å². The number of hydrogen-bond acceptors (Lipinski definition) is 5. The molecular formula is C29H25N3O5. The normalized spacial score (nSPS) is 26.5. The average Bonchev–Trinajstić information content (AvgIpc) is 3.34. The minimum absolute atomic E-state index is 0.179. The van der Waals surface area contributed by atoms with E-state index in [2.05, 4.69) is 5.32 Å². The topological polar surface area (TPSA) is 104 Å². The molecule has 2 aliphatic heterocycles. The molecule has 0 unspecified atom stereocenters. The number of carbonyl (C=O) groups excluding carboxylic acids is 5. The van der Waals surface area contributed by atoms with Crippen molar-refractivity contribution in [1.82, 2.24) is 0 Å². The predicted octanol–water partition coefficient (Wildman–Crippen LogP) is 3.85. The maximum Gasteiger partial charge on any atom is 0.255 e. The second-order valence-corrected chi connectivity index (χ2v) is 9.88. The van der Waals surface area contributed by atoms with Crippen LogP contribution >= 0.6 is 0 Å². The molecule has 2 fully saturated rings. The van der Waals surface area contributed by atoms with E-state index in [-0.39, 0.29) is 53.2 Å². The first-order chi connectivity index (χ1) is 17.9. The predicted molar refractivity (Wildman–Crippen MR) is 137 cm³/mol. The summed E-state index contributed by atoms with van der Waals surface area (Å²) < 4.78 is 0. The molecule has 2 aliphatic carbocycles. The molecule has 4 aliphatic rings. The van der Waals surface area contributed by atoms with Crippen molar-refractivity contribution in [3.63, 3.8) is 0 Å². The summed E-state index contributed by atoms with van der Waals surface area (Å²) in [5, 5.41) is 2.80. The lowest BCUT2D eigenvalue weighted by Crippen LogP contribution is -2.31. The Bertz CT molecular complexity index is 1320. The van der Waals surface area contributed by atoms with Crippen LogP contribution < -0.4 is 15.1 Å². The molecule has 4 atom stereocenters. The minimum Gasteiger partial charge on any atom is -0.322 e. The molecule has 2 aromatic carbocycles. The summed E-state index contributed by atoms with van der Waals surface area (Å²) in [5.74, 6) is -2.32. The molecule has 2 aromatic rings. The Labute approximate surface area is 213 Å². The van der Waals surface area contributed by atoms with Crippen molar-refractivity contribution < 1.29 is 24.0 Å². The van der Waals surface area contributed by atoms with E-state index >= 15 is 0 Å². The van der Waals surface area contributed by atoms with Crippen LogP contribution in [0.5, 0.6) is 0 Å². The summed E-state index contributed by atoms with van der Waals surface area (Å²) >= 11 is 0. The van der Waals surface area contributed by atoms with Gasteiger partial charge in [-0.2, -0.15) is 0 Å². The van der Waals surface area contributed by atoms with Crippen LogP contribution in [0.1, 0.15) is 36.0 Å². The van der Waals surface area contributed by atoms with Gasteiger partial charge in [0.25, 0.3) is 5.91 Å². The summed E-state index contributed by atoms with van der Waals surface area (Å²) in [6.07, 6.45) is 10.1. The van der Waals surface area contributed by atoms with E-state index < -0.39 is 0 Å². The van der Waals surface area contributed by atoms with E-state index in [1.54, 1.807) is 48.5 Å². The number of allylic oxidation sites excluding steroid dienone is 4. The van der Waals surface area contributed by atoms with Crippen LogP contribution in [0.2, 0.25) is 0 Å². The third-order valence-electron chi connectivity index (χ3n) is 7.79. The zero-order chi connectivity index (χ0) is 25.7. The molecule has 2 heterocycles. The molecule has 186 valence electrons. The van der Waals surface area contributed by atoms with Crippen molar-refractivity contribution in [2.45, 2.75) is 25.7 Å². The van der Waals surface area contributed by atoms with E-state index in [0.717, 1.165) is 0 Å². The molecule has 0 bridgehead atoms. The summed E-state index contributed by atoms with van der Waals surface area (Å²) in [6.45, 7) is 0. The highest BCUT2D eigenvalue weighted by molar-refractivity contribution is 6.23. The summed E-state index contributed by atoms with van der Waals surface area (Å²) in [7, 11) is 0. The molecule has 8 nitrogen and oxygen atoms in total. The Morgan fingerprint density at radius 1 is 0.568 bits per heavy atom. The first kappa shape index (κ1) is 23.1. The maximum absolute atomic E-state index is 12.8. The van der Waals surface area contributed by atoms with Gasteiger partial charge in [0.2, 0.25) is 23.6 Å². The highest BCUT2D eigenvalue weighted by Crippen LogP contribution is 2.39. The lowest BCUT2D eigenvalue weighted by Gasteiger charge is -2.16. The number of rotatable bonds is 4. The van der Waals surface area contributed by atoms with Gasteiger partial charge in [-0.1, -0.05) is 24.3 Å². The molecule has 2 saturated heterocycles. The van der Waals surface area contributed by atoms with Crippen molar-refractivity contribution in [2.75, 3.05) is 15.1 Å². The fraction of sp³-hybridized carbons (Fsp3) is 0.276. The second kappa shape index (κ2) is 8.96. The van der Waals surface area contributed by atoms with Crippen LogP contribution in [-0.2, 0) is 19.2 Å². The summed E-state index contributed by atoms with van der Waals surface area (Å²) in [4.78, 5) is 66.4. The monoisotopic (exact) mass is 495 g/mol. The molecule has 5 amide bonds. The van der Waals surface area contributed by atoms with Crippen molar-refractivity contribution >= 4 is 46.6 Å². The van der Waals surface area contributed by atoms with Gasteiger partial charge < -0.3 is 5.32 Å². The first-order valence-electron chi connectivity index (χ1n) is 12.5. The SMILES string of the molecule is O=C(Nc1ccc(N2C(=O)[C@H]3CC=CC[C@H]3C2=O)cc1)c1ccc(N2C(=O)[C@H]3CC=CC[C@H]3C2=O)cc1. The number of nitrogens with one attached hydrogen (secondary N) is 1. The van der Waals surface area contributed by atoms with Gasteiger partial charge in [0.15, 0.2) is 0 Å². The van der Waals surface area contributed by atoms with Crippen LogP contribution in [0.15, 0.2) is 72.8 Å². The van der Waals surface area contributed by atoms with E-state index in [1.165, 1.54) is 9.80 Å². The number of hydrogen-bond donors (Lipinski definition) is 1. The Kier molecular flexibility index (Phi) is 5.59. The molecule has 0 aromatic heterocycles. The quantitative estimate of drug-likeness (QED) is 0.513. The molecule has 0 radical (unpaired) electrons. The Hall–Kier alpha value is -4.33. The average molecular weight is 496 g/mol. The van der Waals surface area contributed by atoms with Crippen LogP contribution in [-0.4, -0.2) is 29.5 Å². The Morgan fingerprint density at radius 3 is 1.30 bits per heavy atom. The van der Waals surface area contributed by atoms with Gasteiger partial charge in [0, 0.05) is 11.3 Å². The van der Waals surface area contributed by atoms with Crippen LogP contribution in [0.25, 0.3) is 0 Å². The third kappa shape index (κ3) is 3.80. The van der Waals surface area contributed by atoms with Gasteiger partial charge in [-0.3, -0.25) is 33.8 Å². The van der Waals surface area contributed by atoms with E-state index in [1.807, 2.05) is 24.3 Å².